The largest absolute Gasteiger partial charge is 0.207 e. The van der Waals surface area contributed by atoms with Crippen LogP contribution in [0.15, 0.2) is 72.8 Å². The van der Waals surface area contributed by atoms with Gasteiger partial charge in [-0.05, 0) is 59.4 Å². The molecule has 0 spiro atoms. The van der Waals surface area contributed by atoms with Crippen molar-refractivity contribution in [1.82, 2.24) is 0 Å². The van der Waals surface area contributed by atoms with Crippen molar-refractivity contribution >= 4 is 0 Å². The third-order valence-electron chi connectivity index (χ3n) is 3.67. The summed E-state index contributed by atoms with van der Waals surface area (Å²) >= 11 is 0. The van der Waals surface area contributed by atoms with Crippen LogP contribution in [0.2, 0.25) is 0 Å². The summed E-state index contributed by atoms with van der Waals surface area (Å²) < 4.78 is 25.8. The van der Waals surface area contributed by atoms with Crippen molar-refractivity contribution in [3.63, 3.8) is 0 Å². The second-order valence-electron chi connectivity index (χ2n) is 5.42. The first-order valence-corrected chi connectivity index (χ1v) is 7.26. The van der Waals surface area contributed by atoms with Crippen LogP contribution < -0.4 is 0 Å². The van der Waals surface area contributed by atoms with Gasteiger partial charge in [-0.1, -0.05) is 48.5 Å². The molecule has 0 aliphatic carbocycles. The Morgan fingerprint density at radius 3 is 0.909 bits per heavy atom. The molecule has 3 aromatic carbocycles. The minimum absolute atomic E-state index is 0.210. The second kappa shape index (κ2) is 6.52. The molecule has 0 saturated heterocycles. The molecule has 0 fully saturated rings. The van der Waals surface area contributed by atoms with Crippen LogP contribution >= 0.6 is 0 Å². The number of benzene rings is 3. The Bertz CT molecular complexity index is 660. The molecular weight excluding hydrogens is 278 g/mol. The van der Waals surface area contributed by atoms with E-state index in [-0.39, 0.29) is 11.6 Å². The van der Waals surface area contributed by atoms with E-state index in [1.54, 1.807) is 0 Å². The highest BCUT2D eigenvalue weighted by Gasteiger charge is 2.00. The summed E-state index contributed by atoms with van der Waals surface area (Å²) in [6.45, 7) is 0. The maximum absolute atomic E-state index is 12.9. The summed E-state index contributed by atoms with van der Waals surface area (Å²) in [5.74, 6) is -0.420. The molecule has 0 saturated carbocycles. The van der Waals surface area contributed by atoms with E-state index >= 15 is 0 Å². The molecule has 0 nitrogen and oxygen atoms in total. The van der Waals surface area contributed by atoms with Gasteiger partial charge in [-0.25, -0.2) is 8.78 Å². The first kappa shape index (κ1) is 14.5. The van der Waals surface area contributed by atoms with Crippen LogP contribution in [0.25, 0.3) is 0 Å². The summed E-state index contributed by atoms with van der Waals surface area (Å²) in [5.41, 5.74) is 4.56. The lowest BCUT2D eigenvalue weighted by molar-refractivity contribution is 0.626. The van der Waals surface area contributed by atoms with Gasteiger partial charge in [-0.2, -0.15) is 0 Å². The lowest BCUT2D eigenvalue weighted by Crippen LogP contribution is -1.91. The molecule has 0 unspecified atom stereocenters. The summed E-state index contributed by atoms with van der Waals surface area (Å²) in [6.07, 6.45) is 1.58. The molecule has 0 aliphatic rings. The first-order valence-electron chi connectivity index (χ1n) is 7.26. The topological polar surface area (TPSA) is 0 Å². The van der Waals surface area contributed by atoms with Crippen LogP contribution in [0, 0.1) is 11.6 Å². The van der Waals surface area contributed by atoms with Crippen LogP contribution in [0.1, 0.15) is 22.3 Å². The first-order chi connectivity index (χ1) is 10.7. The van der Waals surface area contributed by atoms with E-state index in [1.165, 1.54) is 35.4 Å². The molecule has 22 heavy (non-hydrogen) atoms. The SMILES string of the molecule is Fc1ccc(Cc2ccc(Cc3ccc(F)cc3)cc2)cc1. The summed E-state index contributed by atoms with van der Waals surface area (Å²) in [4.78, 5) is 0. The van der Waals surface area contributed by atoms with Crippen molar-refractivity contribution in [3.05, 3.63) is 107 Å². The summed E-state index contributed by atoms with van der Waals surface area (Å²) in [6, 6.07) is 21.5. The number of halogens is 2. The fraction of sp³-hybridized carbons (Fsp3) is 0.100. The zero-order chi connectivity index (χ0) is 15.4. The van der Waals surface area contributed by atoms with Crippen molar-refractivity contribution in [1.29, 1.82) is 0 Å². The molecular formula is C20H16F2. The highest BCUT2D eigenvalue weighted by molar-refractivity contribution is 5.31. The van der Waals surface area contributed by atoms with E-state index in [9.17, 15) is 8.78 Å². The summed E-state index contributed by atoms with van der Waals surface area (Å²) in [7, 11) is 0. The standard InChI is InChI=1S/C20H16F2/c21-19-9-5-17(6-10-19)13-15-1-2-16(4-3-15)14-18-7-11-20(22)12-8-18/h1-12H,13-14H2. The molecule has 0 atom stereocenters. The minimum atomic E-state index is -0.210. The molecule has 0 aliphatic heterocycles. The molecule has 3 aromatic rings. The maximum atomic E-state index is 12.9. The quantitative estimate of drug-likeness (QED) is 0.624. The van der Waals surface area contributed by atoms with Crippen molar-refractivity contribution < 1.29 is 8.78 Å². The van der Waals surface area contributed by atoms with Gasteiger partial charge in [0.2, 0.25) is 0 Å². The van der Waals surface area contributed by atoms with E-state index in [2.05, 4.69) is 24.3 Å². The maximum Gasteiger partial charge on any atom is 0.123 e. The van der Waals surface area contributed by atoms with Gasteiger partial charge < -0.3 is 0 Å². The fourth-order valence-corrected chi connectivity index (χ4v) is 2.45. The monoisotopic (exact) mass is 294 g/mol. The lowest BCUT2D eigenvalue weighted by Gasteiger charge is -2.05. The van der Waals surface area contributed by atoms with E-state index in [1.807, 2.05) is 24.3 Å². The van der Waals surface area contributed by atoms with E-state index in [0.717, 1.165) is 24.0 Å². The van der Waals surface area contributed by atoms with Crippen LogP contribution in [0.5, 0.6) is 0 Å². The zero-order valence-corrected chi connectivity index (χ0v) is 12.1. The van der Waals surface area contributed by atoms with Gasteiger partial charge in [0.1, 0.15) is 11.6 Å². The van der Waals surface area contributed by atoms with E-state index in [4.69, 9.17) is 0 Å². The molecule has 0 heterocycles. The zero-order valence-electron chi connectivity index (χ0n) is 12.1. The number of rotatable bonds is 4. The normalized spacial score (nSPS) is 10.6. The van der Waals surface area contributed by atoms with Gasteiger partial charge in [-0.3, -0.25) is 0 Å². The van der Waals surface area contributed by atoms with E-state index < -0.39 is 0 Å². The highest BCUT2D eigenvalue weighted by Crippen LogP contribution is 2.14. The third kappa shape index (κ3) is 3.79. The lowest BCUT2D eigenvalue weighted by atomic mass is 10.0. The number of hydrogen-bond donors (Lipinski definition) is 0. The average molecular weight is 294 g/mol. The minimum Gasteiger partial charge on any atom is -0.207 e. The van der Waals surface area contributed by atoms with Crippen molar-refractivity contribution in [3.8, 4) is 0 Å². The second-order valence-corrected chi connectivity index (χ2v) is 5.42. The predicted molar refractivity (Wildman–Crippen MR) is 84.9 cm³/mol. The van der Waals surface area contributed by atoms with Crippen molar-refractivity contribution in [2.45, 2.75) is 12.8 Å². The predicted octanol–water partition coefficient (Wildman–Crippen LogP) is 5.15. The summed E-state index contributed by atoms with van der Waals surface area (Å²) in [5, 5.41) is 0. The van der Waals surface area contributed by atoms with Crippen molar-refractivity contribution in [2.75, 3.05) is 0 Å². The Hall–Kier alpha value is -2.48. The van der Waals surface area contributed by atoms with Gasteiger partial charge in [0, 0.05) is 0 Å². The van der Waals surface area contributed by atoms with Gasteiger partial charge in [-0.15, -0.1) is 0 Å². The Kier molecular flexibility index (Phi) is 4.29. The van der Waals surface area contributed by atoms with Gasteiger partial charge in [0.15, 0.2) is 0 Å². The van der Waals surface area contributed by atoms with E-state index in [0.29, 0.717) is 0 Å². The third-order valence-corrected chi connectivity index (χ3v) is 3.67. The van der Waals surface area contributed by atoms with Crippen molar-refractivity contribution in [2.24, 2.45) is 0 Å². The molecule has 110 valence electrons. The molecule has 0 bridgehead atoms. The molecule has 0 N–H and O–H groups in total. The molecule has 3 rings (SSSR count). The van der Waals surface area contributed by atoms with Crippen LogP contribution in [0.3, 0.4) is 0 Å². The molecule has 0 amide bonds. The molecule has 2 heteroatoms. The Morgan fingerprint density at radius 1 is 0.409 bits per heavy atom. The smallest absolute Gasteiger partial charge is 0.123 e. The van der Waals surface area contributed by atoms with Crippen LogP contribution in [-0.2, 0) is 12.8 Å². The highest BCUT2D eigenvalue weighted by atomic mass is 19.1. The van der Waals surface area contributed by atoms with Crippen LogP contribution in [0.4, 0.5) is 8.78 Å². The Balaban J connectivity index is 1.67. The van der Waals surface area contributed by atoms with Crippen LogP contribution in [-0.4, -0.2) is 0 Å². The fourth-order valence-electron chi connectivity index (χ4n) is 2.45. The molecule has 0 aromatic heterocycles. The number of hydrogen-bond acceptors (Lipinski definition) is 0. The Morgan fingerprint density at radius 2 is 0.636 bits per heavy atom. The van der Waals surface area contributed by atoms with Gasteiger partial charge in [0.05, 0.1) is 0 Å². The Labute approximate surface area is 129 Å². The molecule has 0 radical (unpaired) electrons. The van der Waals surface area contributed by atoms with Gasteiger partial charge >= 0.3 is 0 Å². The van der Waals surface area contributed by atoms with Gasteiger partial charge in [0.25, 0.3) is 0 Å². The average Bonchev–Trinajstić information content (AvgIpc) is 2.54.